The maximum atomic E-state index is 6.15. The Morgan fingerprint density at radius 3 is 2.62 bits per heavy atom. The minimum absolute atomic E-state index is 0.354. The highest BCUT2D eigenvalue weighted by molar-refractivity contribution is 9.10. The van der Waals surface area contributed by atoms with Gasteiger partial charge in [-0.1, -0.05) is 53.0 Å². The van der Waals surface area contributed by atoms with E-state index >= 15 is 0 Å². The molecule has 1 N–H and O–H groups in total. The summed E-state index contributed by atoms with van der Waals surface area (Å²) in [7, 11) is 0. The second-order valence-electron chi connectivity index (χ2n) is 4.79. The third kappa shape index (κ3) is 4.85. The van der Waals surface area contributed by atoms with Gasteiger partial charge in [-0.15, -0.1) is 0 Å². The van der Waals surface area contributed by atoms with Gasteiger partial charge < -0.3 is 10.1 Å². The van der Waals surface area contributed by atoms with Crippen LogP contribution in [0.5, 0.6) is 11.6 Å². The maximum absolute atomic E-state index is 6.15. The molecule has 0 aliphatic heterocycles. The SMILES string of the molecule is CC(C)NCc1nc(Oc2cc(Br)ccc2Cl)ccc1Cl. The number of benzene rings is 1. The van der Waals surface area contributed by atoms with Crippen molar-refractivity contribution in [3.05, 3.63) is 50.5 Å². The second-order valence-corrected chi connectivity index (χ2v) is 6.52. The molecule has 0 bridgehead atoms. The number of rotatable bonds is 5. The molecular formula is C15H15BrCl2N2O. The van der Waals surface area contributed by atoms with Crippen molar-refractivity contribution in [1.82, 2.24) is 10.3 Å². The number of aromatic nitrogens is 1. The van der Waals surface area contributed by atoms with Crippen LogP contribution in [0.3, 0.4) is 0 Å². The minimum atomic E-state index is 0.354. The summed E-state index contributed by atoms with van der Waals surface area (Å²) in [5.74, 6) is 1.00. The van der Waals surface area contributed by atoms with Gasteiger partial charge in [-0.2, -0.15) is 0 Å². The van der Waals surface area contributed by atoms with Crippen molar-refractivity contribution in [1.29, 1.82) is 0 Å². The van der Waals surface area contributed by atoms with Gasteiger partial charge in [-0.3, -0.25) is 0 Å². The molecule has 2 aromatic rings. The van der Waals surface area contributed by atoms with Crippen LogP contribution in [0.15, 0.2) is 34.8 Å². The average Bonchev–Trinajstić information content (AvgIpc) is 2.43. The smallest absolute Gasteiger partial charge is 0.219 e. The molecule has 1 heterocycles. The van der Waals surface area contributed by atoms with Gasteiger partial charge in [0.25, 0.3) is 0 Å². The van der Waals surface area contributed by atoms with Crippen LogP contribution in [0.25, 0.3) is 0 Å². The van der Waals surface area contributed by atoms with Gasteiger partial charge in [-0.25, -0.2) is 4.98 Å². The molecular weight excluding hydrogens is 375 g/mol. The van der Waals surface area contributed by atoms with Crippen LogP contribution in [0.2, 0.25) is 10.0 Å². The molecule has 0 aliphatic rings. The van der Waals surface area contributed by atoms with Crippen LogP contribution in [-0.4, -0.2) is 11.0 Å². The van der Waals surface area contributed by atoms with E-state index in [2.05, 4.69) is 40.1 Å². The monoisotopic (exact) mass is 388 g/mol. The molecule has 0 radical (unpaired) electrons. The summed E-state index contributed by atoms with van der Waals surface area (Å²) in [6.07, 6.45) is 0. The summed E-state index contributed by atoms with van der Waals surface area (Å²) in [5, 5.41) is 4.41. The zero-order valence-corrected chi connectivity index (χ0v) is 14.8. The highest BCUT2D eigenvalue weighted by Crippen LogP contribution is 2.32. The van der Waals surface area contributed by atoms with Gasteiger partial charge in [0.2, 0.25) is 5.88 Å². The first-order valence-corrected chi connectivity index (χ1v) is 8.02. The fraction of sp³-hybridized carbons (Fsp3) is 0.267. The Labute approximate surface area is 142 Å². The van der Waals surface area contributed by atoms with Crippen molar-refractivity contribution in [2.75, 3.05) is 0 Å². The molecule has 0 fully saturated rings. The molecule has 0 aliphatic carbocycles. The Kier molecular flexibility index (Phi) is 5.88. The van der Waals surface area contributed by atoms with Gasteiger partial charge >= 0.3 is 0 Å². The molecule has 0 spiro atoms. The fourth-order valence-corrected chi connectivity index (χ4v) is 2.28. The molecule has 2 rings (SSSR count). The van der Waals surface area contributed by atoms with E-state index in [1.807, 2.05) is 6.07 Å². The van der Waals surface area contributed by atoms with Crippen molar-refractivity contribution in [2.24, 2.45) is 0 Å². The quantitative estimate of drug-likeness (QED) is 0.738. The van der Waals surface area contributed by atoms with E-state index in [1.54, 1.807) is 24.3 Å². The van der Waals surface area contributed by atoms with Crippen LogP contribution < -0.4 is 10.1 Å². The predicted octanol–water partition coefficient (Wildman–Crippen LogP) is 5.44. The lowest BCUT2D eigenvalue weighted by atomic mass is 10.3. The first-order valence-electron chi connectivity index (χ1n) is 6.47. The van der Waals surface area contributed by atoms with Crippen LogP contribution in [0, 0.1) is 0 Å². The summed E-state index contributed by atoms with van der Waals surface area (Å²) < 4.78 is 6.62. The number of nitrogens with zero attached hydrogens (tertiary/aromatic N) is 1. The fourth-order valence-electron chi connectivity index (χ4n) is 1.61. The summed E-state index contributed by atoms with van der Waals surface area (Å²) in [6, 6.07) is 9.25. The number of pyridine rings is 1. The van der Waals surface area contributed by atoms with Crippen LogP contribution in [0.4, 0.5) is 0 Å². The normalized spacial score (nSPS) is 11.0. The van der Waals surface area contributed by atoms with E-state index in [0.717, 1.165) is 10.2 Å². The molecule has 1 aromatic heterocycles. The molecule has 1 aromatic carbocycles. The summed E-state index contributed by atoms with van der Waals surface area (Å²) in [6.45, 7) is 4.71. The third-order valence-corrected chi connectivity index (χ3v) is 3.83. The van der Waals surface area contributed by atoms with Crippen molar-refractivity contribution in [3.8, 4) is 11.6 Å². The number of hydrogen-bond acceptors (Lipinski definition) is 3. The molecule has 0 saturated heterocycles. The van der Waals surface area contributed by atoms with Crippen molar-refractivity contribution < 1.29 is 4.74 Å². The Morgan fingerprint density at radius 1 is 1.19 bits per heavy atom. The van der Waals surface area contributed by atoms with Gasteiger partial charge in [0.05, 0.1) is 15.7 Å². The average molecular weight is 390 g/mol. The summed E-state index contributed by atoms with van der Waals surface area (Å²) in [4.78, 5) is 4.42. The van der Waals surface area contributed by atoms with Crippen molar-refractivity contribution >= 4 is 39.1 Å². The Bertz CT molecular complexity index is 635. The van der Waals surface area contributed by atoms with Gasteiger partial charge in [0.15, 0.2) is 0 Å². The number of hydrogen-bond donors (Lipinski definition) is 1. The topological polar surface area (TPSA) is 34.2 Å². The molecule has 112 valence electrons. The number of halogens is 3. The zero-order valence-electron chi connectivity index (χ0n) is 11.7. The molecule has 0 atom stereocenters. The lowest BCUT2D eigenvalue weighted by Gasteiger charge is -2.11. The Hall–Kier alpha value is -0.810. The third-order valence-electron chi connectivity index (χ3n) is 2.68. The van der Waals surface area contributed by atoms with Crippen LogP contribution >= 0.6 is 39.1 Å². The van der Waals surface area contributed by atoms with E-state index in [0.29, 0.717) is 34.3 Å². The zero-order chi connectivity index (χ0) is 15.4. The molecule has 3 nitrogen and oxygen atoms in total. The number of ether oxygens (including phenoxy) is 1. The largest absolute Gasteiger partial charge is 0.437 e. The lowest BCUT2D eigenvalue weighted by molar-refractivity contribution is 0.458. The van der Waals surface area contributed by atoms with E-state index in [9.17, 15) is 0 Å². The van der Waals surface area contributed by atoms with Crippen molar-refractivity contribution in [2.45, 2.75) is 26.4 Å². The highest BCUT2D eigenvalue weighted by atomic mass is 79.9. The van der Waals surface area contributed by atoms with Crippen LogP contribution in [-0.2, 0) is 6.54 Å². The highest BCUT2D eigenvalue weighted by Gasteiger charge is 2.09. The minimum Gasteiger partial charge on any atom is -0.437 e. The lowest BCUT2D eigenvalue weighted by Crippen LogP contribution is -2.22. The van der Waals surface area contributed by atoms with Gasteiger partial charge in [0.1, 0.15) is 5.75 Å². The van der Waals surface area contributed by atoms with Crippen molar-refractivity contribution in [3.63, 3.8) is 0 Å². The summed E-state index contributed by atoms with van der Waals surface area (Å²) in [5.41, 5.74) is 0.744. The Morgan fingerprint density at radius 2 is 1.90 bits per heavy atom. The van der Waals surface area contributed by atoms with E-state index in [4.69, 9.17) is 27.9 Å². The standard InChI is InChI=1S/C15H15BrCl2N2O/c1-9(2)19-8-13-11(17)5-6-15(20-13)21-14-7-10(16)3-4-12(14)18/h3-7,9,19H,8H2,1-2H3. The Balaban J connectivity index is 2.20. The summed E-state index contributed by atoms with van der Waals surface area (Å²) >= 11 is 15.6. The number of nitrogens with one attached hydrogen (secondary N) is 1. The van der Waals surface area contributed by atoms with E-state index in [1.165, 1.54) is 0 Å². The maximum Gasteiger partial charge on any atom is 0.219 e. The molecule has 6 heteroatoms. The van der Waals surface area contributed by atoms with Gasteiger partial charge in [-0.05, 0) is 24.3 Å². The first-order chi connectivity index (χ1) is 9.95. The van der Waals surface area contributed by atoms with Gasteiger partial charge in [0, 0.05) is 23.1 Å². The molecule has 21 heavy (non-hydrogen) atoms. The second kappa shape index (κ2) is 7.45. The predicted molar refractivity (Wildman–Crippen MR) is 90.4 cm³/mol. The molecule has 0 saturated carbocycles. The van der Waals surface area contributed by atoms with E-state index < -0.39 is 0 Å². The van der Waals surface area contributed by atoms with Crippen LogP contribution in [0.1, 0.15) is 19.5 Å². The first kappa shape index (κ1) is 16.6. The molecule has 0 amide bonds. The molecule has 0 unspecified atom stereocenters. The van der Waals surface area contributed by atoms with E-state index in [-0.39, 0.29) is 0 Å².